The molecule has 0 heterocycles. The number of aliphatic carboxylic acids is 1. The molecule has 0 radical (unpaired) electrons. The Bertz CT molecular complexity index is 291. The number of carbonyl (C=O) groups is 2. The van der Waals surface area contributed by atoms with Gasteiger partial charge in [0.05, 0.1) is 0 Å². The first-order valence-electron chi connectivity index (χ1n) is 5.29. The SMILES string of the molecule is C=C(C)C.C=CC(=O)O.C=CC(=O)OC(C)(C)C. The molecule has 0 atom stereocenters. The molecular weight excluding hydrogens is 232 g/mol. The molecule has 0 bridgehead atoms. The lowest BCUT2D eigenvalue weighted by Crippen LogP contribution is -2.22. The minimum Gasteiger partial charge on any atom is -0.478 e. The summed E-state index contributed by atoms with van der Waals surface area (Å²) in [5.41, 5.74) is 0.769. The number of rotatable bonds is 2. The number of carboxylic acid groups (broad SMARTS) is 1. The van der Waals surface area contributed by atoms with Crippen molar-refractivity contribution < 1.29 is 19.4 Å². The fourth-order valence-corrected chi connectivity index (χ4v) is 0.343. The minimum atomic E-state index is -0.981. The van der Waals surface area contributed by atoms with Gasteiger partial charge in [0, 0.05) is 12.2 Å². The molecule has 0 unspecified atom stereocenters. The van der Waals surface area contributed by atoms with Crippen LogP contribution in [-0.4, -0.2) is 22.6 Å². The molecule has 0 aromatic heterocycles. The van der Waals surface area contributed by atoms with Crippen molar-refractivity contribution in [2.45, 2.75) is 40.2 Å². The highest BCUT2D eigenvalue weighted by molar-refractivity contribution is 5.81. The summed E-state index contributed by atoms with van der Waals surface area (Å²) in [6.45, 7) is 19.2. The molecule has 104 valence electrons. The number of hydrogen-bond donors (Lipinski definition) is 1. The summed E-state index contributed by atoms with van der Waals surface area (Å²) in [5, 5.41) is 7.60. The first-order chi connectivity index (χ1) is 7.96. The van der Waals surface area contributed by atoms with E-state index < -0.39 is 11.6 Å². The van der Waals surface area contributed by atoms with Gasteiger partial charge in [0.2, 0.25) is 0 Å². The molecule has 0 rings (SSSR count). The maximum atomic E-state index is 10.5. The molecule has 0 aliphatic carbocycles. The number of carbonyl (C=O) groups excluding carboxylic acids is 1. The number of esters is 1. The van der Waals surface area contributed by atoms with Gasteiger partial charge in [0.1, 0.15) is 5.60 Å². The van der Waals surface area contributed by atoms with Crippen LogP contribution in [0.5, 0.6) is 0 Å². The zero-order chi connectivity index (χ0) is 15.4. The van der Waals surface area contributed by atoms with E-state index in [2.05, 4.69) is 19.7 Å². The maximum absolute atomic E-state index is 10.5. The van der Waals surface area contributed by atoms with Crippen molar-refractivity contribution in [3.05, 3.63) is 37.5 Å². The summed E-state index contributed by atoms with van der Waals surface area (Å²) >= 11 is 0. The molecule has 0 amide bonds. The van der Waals surface area contributed by atoms with Crippen molar-refractivity contribution in [2.24, 2.45) is 0 Å². The molecule has 0 saturated carbocycles. The van der Waals surface area contributed by atoms with Crippen molar-refractivity contribution in [3.63, 3.8) is 0 Å². The van der Waals surface area contributed by atoms with E-state index >= 15 is 0 Å². The second-order valence-corrected chi connectivity index (χ2v) is 4.49. The van der Waals surface area contributed by atoms with Crippen LogP contribution in [-0.2, 0) is 14.3 Å². The van der Waals surface area contributed by atoms with Gasteiger partial charge in [-0.1, -0.05) is 18.7 Å². The second-order valence-electron chi connectivity index (χ2n) is 4.49. The van der Waals surface area contributed by atoms with Gasteiger partial charge in [0.25, 0.3) is 0 Å². The maximum Gasteiger partial charge on any atom is 0.330 e. The Morgan fingerprint density at radius 2 is 1.39 bits per heavy atom. The second kappa shape index (κ2) is 11.6. The van der Waals surface area contributed by atoms with Crippen molar-refractivity contribution in [3.8, 4) is 0 Å². The zero-order valence-electron chi connectivity index (χ0n) is 11.9. The van der Waals surface area contributed by atoms with Crippen LogP contribution >= 0.6 is 0 Å². The monoisotopic (exact) mass is 256 g/mol. The molecule has 0 aliphatic rings. The molecule has 4 heteroatoms. The van der Waals surface area contributed by atoms with Gasteiger partial charge in [-0.25, -0.2) is 9.59 Å². The van der Waals surface area contributed by atoms with Crippen LogP contribution in [0.1, 0.15) is 34.6 Å². The third-order valence-corrected chi connectivity index (χ3v) is 0.748. The van der Waals surface area contributed by atoms with Crippen LogP contribution in [0, 0.1) is 0 Å². The van der Waals surface area contributed by atoms with Crippen LogP contribution in [0.4, 0.5) is 0 Å². The van der Waals surface area contributed by atoms with E-state index in [-0.39, 0.29) is 5.97 Å². The lowest BCUT2D eigenvalue weighted by molar-refractivity contribution is -0.148. The largest absolute Gasteiger partial charge is 0.478 e. The van der Waals surface area contributed by atoms with Crippen molar-refractivity contribution in [2.75, 3.05) is 0 Å². The molecule has 0 aliphatic heterocycles. The fourth-order valence-electron chi connectivity index (χ4n) is 0.343. The number of carboxylic acids is 1. The normalized spacial score (nSPS) is 8.50. The lowest BCUT2D eigenvalue weighted by Gasteiger charge is -2.17. The predicted molar refractivity (Wildman–Crippen MR) is 74.4 cm³/mol. The molecule has 0 saturated heterocycles. The molecule has 4 nitrogen and oxygen atoms in total. The van der Waals surface area contributed by atoms with Gasteiger partial charge >= 0.3 is 11.9 Å². The molecule has 0 spiro atoms. The van der Waals surface area contributed by atoms with Gasteiger partial charge in [-0.3, -0.25) is 0 Å². The van der Waals surface area contributed by atoms with Gasteiger partial charge in [0.15, 0.2) is 0 Å². The van der Waals surface area contributed by atoms with Crippen LogP contribution < -0.4 is 0 Å². The third kappa shape index (κ3) is 47.8. The summed E-state index contributed by atoms with van der Waals surface area (Å²) in [6, 6.07) is 0. The summed E-state index contributed by atoms with van der Waals surface area (Å²) in [4.78, 5) is 19.7. The first-order valence-corrected chi connectivity index (χ1v) is 5.29. The van der Waals surface area contributed by atoms with Crippen LogP contribution in [0.3, 0.4) is 0 Å². The van der Waals surface area contributed by atoms with Crippen LogP contribution in [0.2, 0.25) is 0 Å². The van der Waals surface area contributed by atoms with E-state index in [1.165, 1.54) is 5.57 Å². The van der Waals surface area contributed by atoms with Gasteiger partial charge in [-0.05, 0) is 34.6 Å². The first kappa shape index (κ1) is 21.4. The Kier molecular flexibility index (Phi) is 13.9. The summed E-state index contributed by atoms with van der Waals surface area (Å²) < 4.78 is 4.83. The molecule has 0 aromatic rings. The number of ether oxygens (including phenoxy) is 1. The predicted octanol–water partition coefficient (Wildman–Crippen LogP) is 3.35. The number of allylic oxidation sites excluding steroid dienone is 1. The summed E-state index contributed by atoms with van der Waals surface area (Å²) in [5.74, 6) is -1.35. The Labute approximate surface area is 110 Å². The number of hydrogen-bond acceptors (Lipinski definition) is 3. The third-order valence-electron chi connectivity index (χ3n) is 0.748. The van der Waals surface area contributed by atoms with E-state index in [0.29, 0.717) is 0 Å². The minimum absolute atomic E-state index is 0.373. The average molecular weight is 256 g/mol. The van der Waals surface area contributed by atoms with E-state index in [1.54, 1.807) is 0 Å². The van der Waals surface area contributed by atoms with Gasteiger partial charge in [-0.15, -0.1) is 6.58 Å². The van der Waals surface area contributed by atoms with E-state index in [9.17, 15) is 9.59 Å². The summed E-state index contributed by atoms with van der Waals surface area (Å²) in [7, 11) is 0. The highest BCUT2D eigenvalue weighted by Crippen LogP contribution is 2.06. The molecule has 0 fully saturated rings. The van der Waals surface area contributed by atoms with E-state index in [1.807, 2.05) is 34.6 Å². The lowest BCUT2D eigenvalue weighted by atomic mass is 10.2. The van der Waals surface area contributed by atoms with Crippen molar-refractivity contribution in [1.29, 1.82) is 0 Å². The molecule has 18 heavy (non-hydrogen) atoms. The van der Waals surface area contributed by atoms with Gasteiger partial charge in [-0.2, -0.15) is 0 Å². The highest BCUT2D eigenvalue weighted by Gasteiger charge is 2.12. The Morgan fingerprint density at radius 1 is 1.11 bits per heavy atom. The molecule has 1 N–H and O–H groups in total. The topological polar surface area (TPSA) is 63.6 Å². The standard InChI is InChI=1S/C7H12O2.C4H8.C3H4O2/c1-5-6(8)9-7(2,3)4;1-4(2)3;1-2-3(4)5/h5H,1H2,2-4H3;1H2,2-3H3;2H,1H2,(H,4,5). The van der Waals surface area contributed by atoms with Crippen LogP contribution in [0.15, 0.2) is 37.5 Å². The Balaban J connectivity index is -0.000000212. The van der Waals surface area contributed by atoms with Crippen molar-refractivity contribution in [1.82, 2.24) is 0 Å². The van der Waals surface area contributed by atoms with Crippen molar-refractivity contribution >= 4 is 11.9 Å². The highest BCUT2D eigenvalue weighted by atomic mass is 16.6. The van der Waals surface area contributed by atoms with Gasteiger partial charge < -0.3 is 9.84 Å². The average Bonchev–Trinajstić information content (AvgIpc) is 2.15. The van der Waals surface area contributed by atoms with Crippen LogP contribution in [0.25, 0.3) is 0 Å². The zero-order valence-corrected chi connectivity index (χ0v) is 11.9. The fraction of sp³-hybridized carbons (Fsp3) is 0.429. The molecule has 0 aromatic carbocycles. The Morgan fingerprint density at radius 3 is 1.44 bits per heavy atom. The smallest absolute Gasteiger partial charge is 0.330 e. The quantitative estimate of drug-likeness (QED) is 0.467. The summed E-state index contributed by atoms with van der Waals surface area (Å²) in [6.07, 6.45) is 1.99. The molecular formula is C14H24O4. The van der Waals surface area contributed by atoms with E-state index in [4.69, 9.17) is 9.84 Å². The van der Waals surface area contributed by atoms with E-state index in [0.717, 1.165) is 12.2 Å². The Hall–Kier alpha value is -1.84.